The fraction of sp³-hybridized carbons (Fsp3) is 1.00. The van der Waals surface area contributed by atoms with Crippen molar-refractivity contribution in [3.63, 3.8) is 0 Å². The zero-order valence-electron chi connectivity index (χ0n) is 9.08. The smallest absolute Gasteiger partial charge is 0.0714 e. The minimum Gasteiger partial charge on any atom is -0.395 e. The van der Waals surface area contributed by atoms with Crippen LogP contribution in [0, 0.1) is 0 Å². The number of hydrogen-bond donors (Lipinski definition) is 1. The molecule has 3 nitrogen and oxygen atoms in total. The molecule has 1 rings (SSSR count). The topological polar surface area (TPSA) is 32.7 Å². The monoisotopic (exact) mass is 187 g/mol. The number of hydrogen-bond acceptors (Lipinski definition) is 3. The van der Waals surface area contributed by atoms with Gasteiger partial charge < -0.3 is 9.84 Å². The van der Waals surface area contributed by atoms with Gasteiger partial charge in [0.15, 0.2) is 0 Å². The van der Waals surface area contributed by atoms with Gasteiger partial charge in [-0.15, -0.1) is 0 Å². The van der Waals surface area contributed by atoms with Crippen molar-refractivity contribution < 1.29 is 9.84 Å². The Morgan fingerprint density at radius 2 is 2.08 bits per heavy atom. The minimum absolute atomic E-state index is 0.126. The number of aliphatic hydroxyl groups is 1. The van der Waals surface area contributed by atoms with Gasteiger partial charge in [0.05, 0.1) is 12.7 Å². The third kappa shape index (κ3) is 2.42. The van der Waals surface area contributed by atoms with E-state index in [0.29, 0.717) is 0 Å². The molecule has 0 radical (unpaired) electrons. The number of aliphatic hydroxyl groups excluding tert-OH is 1. The SMILES string of the molecule is CO[C@@H]1C[C@H](CO)N(C(C)(C)C)C1. The van der Waals surface area contributed by atoms with Crippen LogP contribution in [-0.2, 0) is 4.74 Å². The molecule has 0 amide bonds. The molecule has 0 aromatic heterocycles. The van der Waals surface area contributed by atoms with Crippen LogP contribution < -0.4 is 0 Å². The fourth-order valence-electron chi connectivity index (χ4n) is 2.04. The molecule has 1 saturated heterocycles. The van der Waals surface area contributed by atoms with Crippen molar-refractivity contribution in [3.05, 3.63) is 0 Å². The van der Waals surface area contributed by atoms with Crippen molar-refractivity contribution in [3.8, 4) is 0 Å². The Labute approximate surface area is 80.7 Å². The summed E-state index contributed by atoms with van der Waals surface area (Å²) in [5.41, 5.74) is 0.126. The van der Waals surface area contributed by atoms with E-state index >= 15 is 0 Å². The average Bonchev–Trinajstić information content (AvgIpc) is 2.46. The molecular weight excluding hydrogens is 166 g/mol. The Morgan fingerprint density at radius 3 is 2.38 bits per heavy atom. The van der Waals surface area contributed by atoms with Gasteiger partial charge in [0, 0.05) is 25.2 Å². The molecular formula is C10H21NO2. The van der Waals surface area contributed by atoms with Crippen LogP contribution in [0.1, 0.15) is 27.2 Å². The van der Waals surface area contributed by atoms with Gasteiger partial charge in [-0.1, -0.05) is 0 Å². The lowest BCUT2D eigenvalue weighted by Crippen LogP contribution is -2.46. The maximum atomic E-state index is 9.22. The summed E-state index contributed by atoms with van der Waals surface area (Å²) in [6, 6.07) is 0.268. The molecule has 0 aromatic carbocycles. The van der Waals surface area contributed by atoms with Crippen LogP contribution in [0.5, 0.6) is 0 Å². The highest BCUT2D eigenvalue weighted by Gasteiger charge is 2.37. The molecule has 0 bridgehead atoms. The molecule has 1 heterocycles. The summed E-state index contributed by atoms with van der Waals surface area (Å²) in [5, 5.41) is 9.22. The maximum Gasteiger partial charge on any atom is 0.0714 e. The Hall–Kier alpha value is -0.120. The van der Waals surface area contributed by atoms with Crippen LogP contribution >= 0.6 is 0 Å². The zero-order valence-corrected chi connectivity index (χ0v) is 9.08. The molecule has 0 saturated carbocycles. The summed E-state index contributed by atoms with van der Waals surface area (Å²) in [4.78, 5) is 2.32. The van der Waals surface area contributed by atoms with Gasteiger partial charge >= 0.3 is 0 Å². The molecule has 1 fully saturated rings. The summed E-state index contributed by atoms with van der Waals surface area (Å²) in [6.45, 7) is 7.69. The van der Waals surface area contributed by atoms with Gasteiger partial charge in [0.1, 0.15) is 0 Å². The quantitative estimate of drug-likeness (QED) is 0.696. The Kier molecular flexibility index (Phi) is 3.33. The normalized spacial score (nSPS) is 31.2. The van der Waals surface area contributed by atoms with Crippen molar-refractivity contribution >= 4 is 0 Å². The first kappa shape index (κ1) is 11.0. The second-order valence-electron chi connectivity index (χ2n) is 4.75. The van der Waals surface area contributed by atoms with Gasteiger partial charge in [-0.3, -0.25) is 4.90 Å². The summed E-state index contributed by atoms with van der Waals surface area (Å²) in [6.07, 6.45) is 1.24. The minimum atomic E-state index is 0.126. The standard InChI is InChI=1S/C10H21NO2/c1-10(2,3)11-6-9(13-4)5-8(11)7-12/h8-9,12H,5-7H2,1-4H3/t8-,9-/m1/s1. The number of methoxy groups -OCH3 is 1. The maximum absolute atomic E-state index is 9.22. The number of rotatable bonds is 2. The van der Waals surface area contributed by atoms with Crippen LogP contribution in [0.3, 0.4) is 0 Å². The predicted octanol–water partition coefficient (Wildman–Crippen LogP) is 0.866. The number of ether oxygens (including phenoxy) is 1. The summed E-state index contributed by atoms with van der Waals surface area (Å²) < 4.78 is 5.32. The van der Waals surface area contributed by atoms with Crippen LogP contribution in [-0.4, -0.2) is 48.0 Å². The highest BCUT2D eigenvalue weighted by molar-refractivity contribution is 4.92. The fourth-order valence-corrected chi connectivity index (χ4v) is 2.04. The van der Waals surface area contributed by atoms with E-state index in [1.165, 1.54) is 0 Å². The van der Waals surface area contributed by atoms with E-state index < -0.39 is 0 Å². The van der Waals surface area contributed by atoms with Crippen molar-refractivity contribution in [2.24, 2.45) is 0 Å². The van der Waals surface area contributed by atoms with E-state index in [1.54, 1.807) is 7.11 Å². The average molecular weight is 187 g/mol. The van der Waals surface area contributed by atoms with Crippen LogP contribution in [0.15, 0.2) is 0 Å². The summed E-state index contributed by atoms with van der Waals surface area (Å²) in [5.74, 6) is 0. The van der Waals surface area contributed by atoms with Gasteiger partial charge in [-0.2, -0.15) is 0 Å². The Balaban J connectivity index is 2.63. The van der Waals surface area contributed by atoms with E-state index in [-0.39, 0.29) is 24.3 Å². The van der Waals surface area contributed by atoms with E-state index in [9.17, 15) is 5.11 Å². The lowest BCUT2D eigenvalue weighted by Gasteiger charge is -2.36. The second kappa shape index (κ2) is 3.95. The lowest BCUT2D eigenvalue weighted by molar-refractivity contribution is 0.0671. The van der Waals surface area contributed by atoms with E-state index in [2.05, 4.69) is 25.7 Å². The Bertz CT molecular complexity index is 165. The first-order valence-electron chi connectivity index (χ1n) is 4.89. The largest absolute Gasteiger partial charge is 0.395 e. The second-order valence-corrected chi connectivity index (χ2v) is 4.75. The van der Waals surface area contributed by atoms with Crippen LogP contribution in [0.4, 0.5) is 0 Å². The van der Waals surface area contributed by atoms with E-state index in [1.807, 2.05) is 0 Å². The molecule has 1 aliphatic rings. The van der Waals surface area contributed by atoms with Gasteiger partial charge in [-0.25, -0.2) is 0 Å². The van der Waals surface area contributed by atoms with Crippen molar-refractivity contribution in [1.29, 1.82) is 0 Å². The van der Waals surface area contributed by atoms with Crippen molar-refractivity contribution in [2.45, 2.75) is 44.9 Å². The zero-order chi connectivity index (χ0) is 10.1. The molecule has 2 atom stereocenters. The third-order valence-corrected chi connectivity index (χ3v) is 2.78. The highest BCUT2D eigenvalue weighted by Crippen LogP contribution is 2.27. The molecule has 1 N–H and O–H groups in total. The molecule has 0 aliphatic carbocycles. The van der Waals surface area contributed by atoms with Crippen molar-refractivity contribution in [1.82, 2.24) is 4.90 Å². The van der Waals surface area contributed by atoms with Crippen LogP contribution in [0.2, 0.25) is 0 Å². The first-order valence-corrected chi connectivity index (χ1v) is 4.89. The molecule has 1 aliphatic heterocycles. The Morgan fingerprint density at radius 1 is 1.46 bits per heavy atom. The van der Waals surface area contributed by atoms with Gasteiger partial charge in [-0.05, 0) is 27.2 Å². The third-order valence-electron chi connectivity index (χ3n) is 2.78. The van der Waals surface area contributed by atoms with E-state index in [4.69, 9.17) is 4.74 Å². The molecule has 0 aromatic rings. The molecule has 0 spiro atoms. The molecule has 78 valence electrons. The molecule has 0 unspecified atom stereocenters. The lowest BCUT2D eigenvalue weighted by atomic mass is 10.1. The molecule has 3 heteroatoms. The summed E-state index contributed by atoms with van der Waals surface area (Å²) in [7, 11) is 1.74. The summed E-state index contributed by atoms with van der Waals surface area (Å²) >= 11 is 0. The molecule has 13 heavy (non-hydrogen) atoms. The predicted molar refractivity (Wildman–Crippen MR) is 52.7 cm³/mol. The van der Waals surface area contributed by atoms with Crippen molar-refractivity contribution in [2.75, 3.05) is 20.3 Å². The van der Waals surface area contributed by atoms with Gasteiger partial charge in [0.25, 0.3) is 0 Å². The number of likely N-dealkylation sites (tertiary alicyclic amines) is 1. The van der Waals surface area contributed by atoms with E-state index in [0.717, 1.165) is 13.0 Å². The highest BCUT2D eigenvalue weighted by atomic mass is 16.5. The number of nitrogens with zero attached hydrogens (tertiary/aromatic N) is 1. The van der Waals surface area contributed by atoms with Crippen LogP contribution in [0.25, 0.3) is 0 Å². The first-order chi connectivity index (χ1) is 5.99. The van der Waals surface area contributed by atoms with Gasteiger partial charge in [0.2, 0.25) is 0 Å².